The van der Waals surface area contributed by atoms with Crippen LogP contribution in [0.4, 0.5) is 0 Å². The molecule has 0 bridgehead atoms. The molecule has 1 amide bonds. The Morgan fingerprint density at radius 1 is 0.903 bits per heavy atom. The van der Waals surface area contributed by atoms with Gasteiger partial charge < -0.3 is 4.74 Å². The van der Waals surface area contributed by atoms with E-state index < -0.39 is 0 Å². The Morgan fingerprint density at radius 3 is 2.52 bits per heavy atom. The van der Waals surface area contributed by atoms with Crippen LogP contribution >= 0.6 is 15.9 Å². The maximum atomic E-state index is 12.2. The lowest BCUT2D eigenvalue weighted by molar-refractivity contribution is -0.120. The van der Waals surface area contributed by atoms with Crippen molar-refractivity contribution in [1.82, 2.24) is 5.43 Å². The molecule has 0 aliphatic rings. The van der Waals surface area contributed by atoms with Crippen molar-refractivity contribution < 1.29 is 9.53 Å². The van der Waals surface area contributed by atoms with Gasteiger partial charge in [0.15, 0.2) is 0 Å². The molecule has 0 aliphatic carbocycles. The molecule has 0 aliphatic heterocycles. The molecule has 0 radical (unpaired) electrons. The smallest absolute Gasteiger partial charge is 0.244 e. The number of hydrogen-bond donors (Lipinski definition) is 1. The second-order valence-electron chi connectivity index (χ2n) is 7.07. The first-order chi connectivity index (χ1) is 15.2. The molecule has 4 rings (SSSR count). The van der Waals surface area contributed by atoms with Gasteiger partial charge in [0.25, 0.3) is 0 Å². The van der Waals surface area contributed by atoms with E-state index >= 15 is 0 Å². The number of rotatable bonds is 7. The van der Waals surface area contributed by atoms with Crippen LogP contribution in [0.3, 0.4) is 0 Å². The molecule has 0 atom stereocenters. The molecule has 0 heterocycles. The molecule has 1 N–H and O–H groups in total. The van der Waals surface area contributed by atoms with Crippen molar-refractivity contribution >= 4 is 38.8 Å². The SMILES string of the molecule is O=C(Cc1ccccc1)N/N=C\c1c(OCc2cccc(Br)c2)ccc2ccccc12. The lowest BCUT2D eigenvalue weighted by atomic mass is 10.0. The van der Waals surface area contributed by atoms with Crippen LogP contribution in [0.2, 0.25) is 0 Å². The predicted molar refractivity (Wildman–Crippen MR) is 128 cm³/mol. The number of benzene rings is 4. The Morgan fingerprint density at radius 2 is 1.68 bits per heavy atom. The van der Waals surface area contributed by atoms with Crippen molar-refractivity contribution in [3.63, 3.8) is 0 Å². The van der Waals surface area contributed by atoms with E-state index in [1.54, 1.807) is 6.21 Å². The Hall–Kier alpha value is -3.44. The van der Waals surface area contributed by atoms with E-state index in [1.807, 2.05) is 91.0 Å². The first-order valence-electron chi connectivity index (χ1n) is 9.94. The predicted octanol–water partition coefficient (Wildman–Crippen LogP) is 5.87. The molecular formula is C26H21BrN2O2. The third-order valence-corrected chi connectivity index (χ3v) is 5.30. The minimum atomic E-state index is -0.167. The van der Waals surface area contributed by atoms with Gasteiger partial charge in [0.2, 0.25) is 5.91 Å². The van der Waals surface area contributed by atoms with Gasteiger partial charge in [-0.1, -0.05) is 88.7 Å². The lowest BCUT2D eigenvalue weighted by Crippen LogP contribution is -2.19. The second kappa shape index (κ2) is 10.0. The lowest BCUT2D eigenvalue weighted by Gasteiger charge is -2.12. The number of amides is 1. The molecular weight excluding hydrogens is 452 g/mol. The number of carbonyl (C=O) groups is 1. The summed E-state index contributed by atoms with van der Waals surface area (Å²) in [6.07, 6.45) is 1.93. The highest BCUT2D eigenvalue weighted by molar-refractivity contribution is 9.10. The molecule has 5 heteroatoms. The number of hydrazone groups is 1. The van der Waals surface area contributed by atoms with Crippen LogP contribution in [0.1, 0.15) is 16.7 Å². The number of ether oxygens (including phenoxy) is 1. The highest BCUT2D eigenvalue weighted by Gasteiger charge is 2.08. The molecule has 0 aromatic heterocycles. The average Bonchev–Trinajstić information content (AvgIpc) is 2.79. The van der Waals surface area contributed by atoms with Crippen LogP contribution < -0.4 is 10.2 Å². The van der Waals surface area contributed by atoms with E-state index in [4.69, 9.17) is 4.74 Å². The van der Waals surface area contributed by atoms with E-state index in [9.17, 15) is 4.79 Å². The van der Waals surface area contributed by atoms with Crippen LogP contribution in [-0.2, 0) is 17.8 Å². The number of hydrogen-bond acceptors (Lipinski definition) is 3. The molecule has 4 aromatic carbocycles. The van der Waals surface area contributed by atoms with Crippen molar-refractivity contribution in [2.75, 3.05) is 0 Å². The largest absolute Gasteiger partial charge is 0.488 e. The number of carbonyl (C=O) groups excluding carboxylic acids is 1. The number of nitrogens with one attached hydrogen (secondary N) is 1. The van der Waals surface area contributed by atoms with Crippen LogP contribution in [0.25, 0.3) is 10.8 Å². The average molecular weight is 473 g/mol. The quantitative estimate of drug-likeness (QED) is 0.270. The second-order valence-corrected chi connectivity index (χ2v) is 7.99. The molecule has 4 aromatic rings. The van der Waals surface area contributed by atoms with Crippen LogP contribution in [-0.4, -0.2) is 12.1 Å². The molecule has 0 saturated carbocycles. The highest BCUT2D eigenvalue weighted by atomic mass is 79.9. The highest BCUT2D eigenvalue weighted by Crippen LogP contribution is 2.27. The molecule has 0 saturated heterocycles. The Bertz CT molecular complexity index is 1220. The van der Waals surface area contributed by atoms with Crippen molar-refractivity contribution in [3.8, 4) is 5.75 Å². The fourth-order valence-corrected chi connectivity index (χ4v) is 3.76. The summed E-state index contributed by atoms with van der Waals surface area (Å²) >= 11 is 3.49. The van der Waals surface area contributed by atoms with Gasteiger partial charge in [0.05, 0.1) is 12.6 Å². The summed E-state index contributed by atoms with van der Waals surface area (Å²) in [5, 5.41) is 6.29. The first-order valence-corrected chi connectivity index (χ1v) is 10.7. The summed E-state index contributed by atoms with van der Waals surface area (Å²) in [7, 11) is 0. The van der Waals surface area contributed by atoms with Crippen LogP contribution in [0.5, 0.6) is 5.75 Å². The summed E-state index contributed by atoms with van der Waals surface area (Å²) in [6, 6.07) is 29.6. The van der Waals surface area contributed by atoms with Crippen LogP contribution in [0, 0.1) is 0 Å². The molecule has 4 nitrogen and oxygen atoms in total. The summed E-state index contributed by atoms with van der Waals surface area (Å²) in [5.74, 6) is 0.541. The normalized spacial score (nSPS) is 11.0. The van der Waals surface area contributed by atoms with Gasteiger partial charge in [-0.3, -0.25) is 4.79 Å². The maximum absolute atomic E-state index is 12.2. The number of fused-ring (bicyclic) bond motifs is 1. The third-order valence-electron chi connectivity index (χ3n) is 4.80. The molecule has 0 spiro atoms. The summed E-state index contributed by atoms with van der Waals surface area (Å²) in [5.41, 5.74) is 5.45. The van der Waals surface area contributed by atoms with E-state index in [-0.39, 0.29) is 12.3 Å². The van der Waals surface area contributed by atoms with E-state index in [0.29, 0.717) is 12.4 Å². The standard InChI is InChI=1S/C26H21BrN2O2/c27-22-11-6-9-20(15-22)18-31-25-14-13-21-10-4-5-12-23(21)24(25)17-28-29-26(30)16-19-7-2-1-3-8-19/h1-15,17H,16,18H2,(H,29,30)/b28-17-. The molecule has 0 unspecified atom stereocenters. The Balaban J connectivity index is 1.53. The fraction of sp³-hybridized carbons (Fsp3) is 0.0769. The van der Waals surface area contributed by atoms with Gasteiger partial charge in [-0.25, -0.2) is 5.43 Å². The van der Waals surface area contributed by atoms with Gasteiger partial charge in [-0.05, 0) is 40.1 Å². The molecule has 31 heavy (non-hydrogen) atoms. The zero-order valence-corrected chi connectivity index (χ0v) is 18.4. The maximum Gasteiger partial charge on any atom is 0.244 e. The van der Waals surface area contributed by atoms with Crippen molar-refractivity contribution in [3.05, 3.63) is 112 Å². The molecule has 0 fully saturated rings. The van der Waals surface area contributed by atoms with Gasteiger partial charge in [-0.2, -0.15) is 5.10 Å². The zero-order chi connectivity index (χ0) is 21.5. The van der Waals surface area contributed by atoms with Crippen molar-refractivity contribution in [1.29, 1.82) is 0 Å². The number of halogens is 1. The van der Waals surface area contributed by atoms with Crippen molar-refractivity contribution in [2.45, 2.75) is 13.0 Å². The monoisotopic (exact) mass is 472 g/mol. The first kappa shape index (κ1) is 20.8. The minimum Gasteiger partial charge on any atom is -0.488 e. The van der Waals surface area contributed by atoms with Gasteiger partial charge in [0, 0.05) is 10.0 Å². The summed E-state index contributed by atoms with van der Waals surface area (Å²) in [6.45, 7) is 0.430. The van der Waals surface area contributed by atoms with E-state index in [1.165, 1.54) is 0 Å². The van der Waals surface area contributed by atoms with Crippen molar-refractivity contribution in [2.24, 2.45) is 5.10 Å². The Labute approximate surface area is 189 Å². The fourth-order valence-electron chi connectivity index (χ4n) is 3.31. The molecule has 154 valence electrons. The summed E-state index contributed by atoms with van der Waals surface area (Å²) in [4.78, 5) is 12.2. The summed E-state index contributed by atoms with van der Waals surface area (Å²) < 4.78 is 7.12. The van der Waals surface area contributed by atoms with Crippen LogP contribution in [0.15, 0.2) is 101 Å². The topological polar surface area (TPSA) is 50.7 Å². The minimum absolute atomic E-state index is 0.167. The zero-order valence-electron chi connectivity index (χ0n) is 16.8. The van der Waals surface area contributed by atoms with Gasteiger partial charge >= 0.3 is 0 Å². The van der Waals surface area contributed by atoms with E-state index in [0.717, 1.165) is 31.9 Å². The van der Waals surface area contributed by atoms with Gasteiger partial charge in [-0.15, -0.1) is 0 Å². The third kappa shape index (κ3) is 5.58. The number of nitrogens with zero attached hydrogens (tertiary/aromatic N) is 1. The van der Waals surface area contributed by atoms with E-state index in [2.05, 4.69) is 26.5 Å². The Kier molecular flexibility index (Phi) is 6.75. The van der Waals surface area contributed by atoms with Gasteiger partial charge in [0.1, 0.15) is 12.4 Å².